The van der Waals surface area contributed by atoms with E-state index in [2.05, 4.69) is 60.7 Å². The SMILES string of the molecule is CN(C)c1ccccc1CSC(=Nc1ccccc1)Nc1ccccc1. The highest BCUT2D eigenvalue weighted by atomic mass is 32.2. The Morgan fingerprint density at radius 3 is 2.15 bits per heavy atom. The zero-order valence-corrected chi connectivity index (χ0v) is 15.9. The molecule has 0 radical (unpaired) electrons. The van der Waals surface area contributed by atoms with E-state index in [1.165, 1.54) is 11.3 Å². The van der Waals surface area contributed by atoms with Crippen molar-refractivity contribution in [1.29, 1.82) is 0 Å². The number of amidine groups is 1. The lowest BCUT2D eigenvalue weighted by atomic mass is 10.2. The van der Waals surface area contributed by atoms with Gasteiger partial charge in [-0.3, -0.25) is 0 Å². The molecule has 0 spiro atoms. The Kier molecular flexibility index (Phi) is 6.34. The van der Waals surface area contributed by atoms with Gasteiger partial charge in [-0.15, -0.1) is 0 Å². The van der Waals surface area contributed by atoms with E-state index < -0.39 is 0 Å². The predicted molar refractivity (Wildman–Crippen MR) is 116 cm³/mol. The number of rotatable bonds is 5. The molecule has 0 saturated heterocycles. The number of para-hydroxylation sites is 3. The molecule has 0 aliphatic carbocycles. The average molecular weight is 362 g/mol. The van der Waals surface area contributed by atoms with Crippen molar-refractivity contribution < 1.29 is 0 Å². The van der Waals surface area contributed by atoms with Crippen LogP contribution in [-0.2, 0) is 5.75 Å². The van der Waals surface area contributed by atoms with E-state index in [0.717, 1.165) is 22.3 Å². The third-order valence-electron chi connectivity index (χ3n) is 3.85. The molecule has 0 amide bonds. The third kappa shape index (κ3) is 5.14. The molecule has 4 heteroatoms. The molecule has 3 aromatic carbocycles. The number of nitrogens with zero attached hydrogens (tertiary/aromatic N) is 2. The molecule has 26 heavy (non-hydrogen) atoms. The molecule has 1 N–H and O–H groups in total. The Labute approximate surface area is 159 Å². The van der Waals surface area contributed by atoms with Crippen molar-refractivity contribution in [2.75, 3.05) is 24.3 Å². The van der Waals surface area contributed by atoms with Gasteiger partial charge in [-0.05, 0) is 35.9 Å². The van der Waals surface area contributed by atoms with Gasteiger partial charge in [0.2, 0.25) is 0 Å². The first kappa shape index (κ1) is 18.1. The maximum absolute atomic E-state index is 4.80. The lowest BCUT2D eigenvalue weighted by molar-refractivity contribution is 1.11. The zero-order valence-electron chi connectivity index (χ0n) is 15.1. The second-order valence-electron chi connectivity index (χ2n) is 6.06. The van der Waals surface area contributed by atoms with Gasteiger partial charge in [0.05, 0.1) is 5.69 Å². The largest absolute Gasteiger partial charge is 0.377 e. The number of aliphatic imine (C=N–C) groups is 1. The minimum Gasteiger partial charge on any atom is -0.377 e. The monoisotopic (exact) mass is 361 g/mol. The van der Waals surface area contributed by atoms with Crippen LogP contribution in [0, 0.1) is 0 Å². The van der Waals surface area contributed by atoms with Gasteiger partial charge in [0.1, 0.15) is 0 Å². The molecule has 0 aliphatic rings. The molecule has 0 aromatic heterocycles. The highest BCUT2D eigenvalue weighted by molar-refractivity contribution is 8.13. The number of nitrogens with one attached hydrogen (secondary N) is 1. The van der Waals surface area contributed by atoms with Crippen LogP contribution in [0.3, 0.4) is 0 Å². The van der Waals surface area contributed by atoms with Crippen LogP contribution in [0.4, 0.5) is 17.1 Å². The van der Waals surface area contributed by atoms with Crippen LogP contribution in [-0.4, -0.2) is 19.3 Å². The van der Waals surface area contributed by atoms with Crippen LogP contribution in [0.2, 0.25) is 0 Å². The summed E-state index contributed by atoms with van der Waals surface area (Å²) in [7, 11) is 4.15. The van der Waals surface area contributed by atoms with Gasteiger partial charge in [-0.2, -0.15) is 0 Å². The molecule has 0 heterocycles. The van der Waals surface area contributed by atoms with E-state index in [1.54, 1.807) is 11.8 Å². The fourth-order valence-electron chi connectivity index (χ4n) is 2.58. The molecular weight excluding hydrogens is 338 g/mol. The van der Waals surface area contributed by atoms with Gasteiger partial charge >= 0.3 is 0 Å². The van der Waals surface area contributed by atoms with Crippen LogP contribution in [0.1, 0.15) is 5.56 Å². The fourth-order valence-corrected chi connectivity index (χ4v) is 3.47. The van der Waals surface area contributed by atoms with Gasteiger partial charge < -0.3 is 10.2 Å². The number of anilines is 2. The van der Waals surface area contributed by atoms with Crippen LogP contribution < -0.4 is 10.2 Å². The molecule has 0 unspecified atom stereocenters. The zero-order chi connectivity index (χ0) is 18.2. The highest BCUT2D eigenvalue weighted by Crippen LogP contribution is 2.25. The molecule has 3 nitrogen and oxygen atoms in total. The molecule has 0 bridgehead atoms. The summed E-state index contributed by atoms with van der Waals surface area (Å²) in [4.78, 5) is 6.95. The van der Waals surface area contributed by atoms with E-state index in [-0.39, 0.29) is 0 Å². The molecule has 0 fully saturated rings. The first-order valence-corrected chi connectivity index (χ1v) is 9.55. The molecule has 0 aliphatic heterocycles. The molecule has 132 valence electrons. The predicted octanol–water partition coefficient (Wildman–Crippen LogP) is 5.79. The van der Waals surface area contributed by atoms with E-state index in [4.69, 9.17) is 4.99 Å². The highest BCUT2D eigenvalue weighted by Gasteiger charge is 2.07. The summed E-state index contributed by atoms with van der Waals surface area (Å²) in [6, 6.07) is 28.7. The van der Waals surface area contributed by atoms with Crippen molar-refractivity contribution in [2.45, 2.75) is 5.75 Å². The van der Waals surface area contributed by atoms with Crippen molar-refractivity contribution in [3.05, 3.63) is 90.5 Å². The Hall–Kier alpha value is -2.72. The Morgan fingerprint density at radius 1 is 0.846 bits per heavy atom. The van der Waals surface area contributed by atoms with Gasteiger partial charge in [-0.25, -0.2) is 4.99 Å². The lowest BCUT2D eigenvalue weighted by Gasteiger charge is -2.17. The van der Waals surface area contributed by atoms with Crippen molar-refractivity contribution >= 4 is 34.0 Å². The van der Waals surface area contributed by atoms with Gasteiger partial charge in [0, 0.05) is 31.2 Å². The van der Waals surface area contributed by atoms with Gasteiger partial charge in [0.25, 0.3) is 0 Å². The summed E-state index contributed by atoms with van der Waals surface area (Å²) < 4.78 is 0. The lowest BCUT2D eigenvalue weighted by Crippen LogP contribution is -2.12. The number of hydrogen-bond donors (Lipinski definition) is 1. The second-order valence-corrected chi connectivity index (χ2v) is 7.02. The van der Waals surface area contributed by atoms with Crippen LogP contribution in [0.25, 0.3) is 0 Å². The van der Waals surface area contributed by atoms with Crippen molar-refractivity contribution in [1.82, 2.24) is 0 Å². The number of hydrogen-bond acceptors (Lipinski definition) is 3. The Bertz CT molecular complexity index is 846. The molecule has 0 saturated carbocycles. The minimum absolute atomic E-state index is 0.847. The van der Waals surface area contributed by atoms with Crippen LogP contribution in [0.15, 0.2) is 89.9 Å². The van der Waals surface area contributed by atoms with Gasteiger partial charge in [-0.1, -0.05) is 66.4 Å². The van der Waals surface area contributed by atoms with E-state index in [9.17, 15) is 0 Å². The topological polar surface area (TPSA) is 27.6 Å². The standard InChI is InChI=1S/C22H23N3S/c1-25(2)21-16-10-9-11-18(21)17-26-22(23-19-12-5-3-6-13-19)24-20-14-7-4-8-15-20/h3-16H,17H2,1-2H3,(H,23,24). The van der Waals surface area contributed by atoms with Crippen molar-refractivity contribution in [3.8, 4) is 0 Å². The normalized spacial score (nSPS) is 11.2. The van der Waals surface area contributed by atoms with Gasteiger partial charge in [0.15, 0.2) is 5.17 Å². The van der Waals surface area contributed by atoms with Crippen LogP contribution >= 0.6 is 11.8 Å². The van der Waals surface area contributed by atoms with E-state index in [1.807, 2.05) is 48.5 Å². The van der Waals surface area contributed by atoms with Crippen LogP contribution in [0.5, 0.6) is 0 Å². The first-order valence-electron chi connectivity index (χ1n) is 8.56. The van der Waals surface area contributed by atoms with E-state index >= 15 is 0 Å². The number of benzene rings is 3. The number of thioether (sulfide) groups is 1. The average Bonchev–Trinajstić information content (AvgIpc) is 2.68. The van der Waals surface area contributed by atoms with E-state index in [0.29, 0.717) is 0 Å². The summed E-state index contributed by atoms with van der Waals surface area (Å²) >= 11 is 1.71. The second kappa shape index (κ2) is 9.11. The maximum Gasteiger partial charge on any atom is 0.166 e. The molecule has 0 atom stereocenters. The van der Waals surface area contributed by atoms with Crippen molar-refractivity contribution in [3.63, 3.8) is 0 Å². The summed E-state index contributed by atoms with van der Waals surface area (Å²) in [5, 5.41) is 4.33. The fraction of sp³-hybridized carbons (Fsp3) is 0.136. The Balaban J connectivity index is 1.81. The summed E-state index contributed by atoms with van der Waals surface area (Å²) in [5.74, 6) is 0.847. The summed E-state index contributed by atoms with van der Waals surface area (Å²) in [5.41, 5.74) is 4.51. The summed E-state index contributed by atoms with van der Waals surface area (Å²) in [6.45, 7) is 0. The smallest absolute Gasteiger partial charge is 0.166 e. The quantitative estimate of drug-likeness (QED) is 0.461. The minimum atomic E-state index is 0.847. The third-order valence-corrected chi connectivity index (χ3v) is 4.77. The molecule has 3 aromatic rings. The molecular formula is C22H23N3S. The Morgan fingerprint density at radius 2 is 1.46 bits per heavy atom. The first-order chi connectivity index (χ1) is 12.7. The summed E-state index contributed by atoms with van der Waals surface area (Å²) in [6.07, 6.45) is 0. The van der Waals surface area contributed by atoms with Crippen molar-refractivity contribution in [2.24, 2.45) is 4.99 Å². The maximum atomic E-state index is 4.80. The molecule has 3 rings (SSSR count).